The summed E-state index contributed by atoms with van der Waals surface area (Å²) in [5.74, 6) is 0. The van der Waals surface area contributed by atoms with Gasteiger partial charge in [0.05, 0.1) is 22.7 Å². The second-order valence-corrected chi connectivity index (χ2v) is 6.55. The van der Waals surface area contributed by atoms with E-state index < -0.39 is 10.2 Å². The zero-order valence-electron chi connectivity index (χ0n) is 8.56. The fourth-order valence-corrected chi connectivity index (χ4v) is 3.39. The Balaban J connectivity index is 0.000000221. The van der Waals surface area contributed by atoms with Crippen molar-refractivity contribution in [2.45, 2.75) is 13.8 Å². The van der Waals surface area contributed by atoms with Crippen LogP contribution < -0.4 is 18.6 Å². The van der Waals surface area contributed by atoms with Crippen LogP contribution in [0.25, 0.3) is 9.40 Å². The Morgan fingerprint density at radius 2 is 1.69 bits per heavy atom. The Hall–Kier alpha value is -0.340. The molecule has 0 fully saturated rings. The molecule has 0 N–H and O–H groups in total. The standard InChI is InChI=1S/C9H9S2.ClHO4/c1-6-3-4-8-9(5-6)11-7(2)10-8;2-1(3,4)5/h3-5H,1-2H3;(H,2,3,4,5)/q+1;/p-1. The van der Waals surface area contributed by atoms with Crippen LogP contribution in [0.5, 0.6) is 0 Å². The molecule has 0 amide bonds. The fraction of sp³-hybridized carbons (Fsp3) is 0.222. The number of rotatable bonds is 0. The lowest BCUT2D eigenvalue weighted by Gasteiger charge is -2.17. The van der Waals surface area contributed by atoms with Crippen LogP contribution in [0.4, 0.5) is 0 Å². The zero-order chi connectivity index (χ0) is 12.3. The van der Waals surface area contributed by atoms with E-state index in [2.05, 4.69) is 32.0 Å². The van der Waals surface area contributed by atoms with Crippen molar-refractivity contribution in [3.8, 4) is 0 Å². The van der Waals surface area contributed by atoms with Crippen molar-refractivity contribution >= 4 is 32.1 Å². The van der Waals surface area contributed by atoms with Gasteiger partial charge in [-0.15, -0.1) is 10.2 Å². The van der Waals surface area contributed by atoms with E-state index in [4.69, 9.17) is 18.6 Å². The maximum absolute atomic E-state index is 8.49. The van der Waals surface area contributed by atoms with Crippen LogP contribution in [0.2, 0.25) is 0 Å². The van der Waals surface area contributed by atoms with E-state index in [0.717, 1.165) is 0 Å². The molecular formula is C9H9ClO4S2. The van der Waals surface area contributed by atoms with E-state index in [1.807, 2.05) is 22.7 Å². The summed E-state index contributed by atoms with van der Waals surface area (Å²) in [6.45, 7) is 4.31. The largest absolute Gasteiger partial charge is 0.252 e. The molecule has 0 unspecified atom stereocenters. The maximum atomic E-state index is 8.49. The predicted molar refractivity (Wildman–Crippen MR) is 53.6 cm³/mol. The van der Waals surface area contributed by atoms with Gasteiger partial charge >= 0.3 is 0 Å². The molecule has 2 aromatic rings. The summed E-state index contributed by atoms with van der Waals surface area (Å²) in [6, 6.07) is 6.63. The Morgan fingerprint density at radius 1 is 1.12 bits per heavy atom. The molecular weight excluding hydrogens is 272 g/mol. The molecule has 0 aliphatic heterocycles. The number of hydrogen-bond acceptors (Lipinski definition) is 5. The van der Waals surface area contributed by atoms with Gasteiger partial charge in [0, 0.05) is 6.92 Å². The second-order valence-electron chi connectivity index (χ2n) is 3.02. The molecule has 0 saturated carbocycles. The quantitative estimate of drug-likeness (QED) is 0.585. The van der Waals surface area contributed by atoms with Crippen LogP contribution in [-0.4, -0.2) is 0 Å². The number of halogens is 1. The Labute approximate surface area is 103 Å². The fourth-order valence-electron chi connectivity index (χ4n) is 1.11. The molecule has 0 atom stereocenters. The molecule has 1 heterocycles. The number of benzene rings is 1. The van der Waals surface area contributed by atoms with E-state index in [1.54, 1.807) is 0 Å². The average Bonchev–Trinajstić information content (AvgIpc) is 2.40. The first kappa shape index (κ1) is 13.7. The van der Waals surface area contributed by atoms with Crippen molar-refractivity contribution in [3.05, 3.63) is 28.0 Å². The smallest absolute Gasteiger partial charge is 0.222 e. The lowest BCUT2D eigenvalue weighted by atomic mass is 10.2. The first-order chi connectivity index (χ1) is 7.25. The molecule has 4 nitrogen and oxygen atoms in total. The van der Waals surface area contributed by atoms with Crippen molar-refractivity contribution in [2.75, 3.05) is 0 Å². The normalized spacial score (nSPS) is 11.1. The highest BCUT2D eigenvalue weighted by atomic mass is 35.7. The first-order valence-corrected chi connectivity index (χ1v) is 7.04. The van der Waals surface area contributed by atoms with Gasteiger partial charge in [0.2, 0.25) is 0 Å². The maximum Gasteiger partial charge on any atom is 0.252 e. The third-order valence-electron chi connectivity index (χ3n) is 1.61. The van der Waals surface area contributed by atoms with Crippen molar-refractivity contribution in [3.63, 3.8) is 0 Å². The van der Waals surface area contributed by atoms with E-state index in [-0.39, 0.29) is 0 Å². The minimum Gasteiger partial charge on any atom is -0.222 e. The lowest BCUT2D eigenvalue weighted by Crippen LogP contribution is -2.68. The van der Waals surface area contributed by atoms with Gasteiger partial charge in [0.15, 0.2) is 9.40 Å². The van der Waals surface area contributed by atoms with Crippen molar-refractivity contribution in [1.29, 1.82) is 0 Å². The molecule has 88 valence electrons. The second kappa shape index (κ2) is 5.33. The third-order valence-corrected chi connectivity index (χ3v) is 3.94. The summed E-state index contributed by atoms with van der Waals surface area (Å²) in [4.78, 5) is 0. The molecule has 16 heavy (non-hydrogen) atoms. The molecule has 0 radical (unpaired) electrons. The summed E-state index contributed by atoms with van der Waals surface area (Å²) in [6.07, 6.45) is 0. The molecule has 0 spiro atoms. The molecule has 0 aliphatic rings. The van der Waals surface area contributed by atoms with E-state index in [1.165, 1.54) is 19.2 Å². The Bertz CT molecular complexity index is 472. The van der Waals surface area contributed by atoms with E-state index in [9.17, 15) is 0 Å². The molecule has 0 bridgehead atoms. The van der Waals surface area contributed by atoms with Crippen molar-refractivity contribution in [2.24, 2.45) is 0 Å². The predicted octanol–water partition coefficient (Wildman–Crippen LogP) is -0.895. The molecule has 0 saturated heterocycles. The minimum absolute atomic E-state index is 1.35. The summed E-state index contributed by atoms with van der Waals surface area (Å²) in [5, 5.41) is 0. The number of fused-ring (bicyclic) bond motifs is 1. The Kier molecular flexibility index (Phi) is 4.57. The first-order valence-electron chi connectivity index (χ1n) is 4.17. The molecule has 2 rings (SSSR count). The van der Waals surface area contributed by atoms with Crippen molar-refractivity contribution in [1.82, 2.24) is 0 Å². The van der Waals surface area contributed by atoms with Gasteiger partial charge in [-0.25, -0.2) is 18.6 Å². The minimum atomic E-state index is -4.94. The summed E-state index contributed by atoms with van der Waals surface area (Å²) in [7, 11) is -4.94. The van der Waals surface area contributed by atoms with Gasteiger partial charge in [-0.2, -0.15) is 0 Å². The molecule has 7 heteroatoms. The van der Waals surface area contributed by atoms with Crippen LogP contribution in [0.3, 0.4) is 0 Å². The van der Waals surface area contributed by atoms with Crippen molar-refractivity contribution < 1.29 is 28.9 Å². The van der Waals surface area contributed by atoms with Gasteiger partial charge in [0.1, 0.15) is 0 Å². The molecule has 1 aromatic carbocycles. The van der Waals surface area contributed by atoms with Crippen LogP contribution in [0.15, 0.2) is 18.2 Å². The monoisotopic (exact) mass is 280 g/mol. The highest BCUT2D eigenvalue weighted by molar-refractivity contribution is 7.38. The summed E-state index contributed by atoms with van der Waals surface area (Å²) in [5.41, 5.74) is 1.35. The van der Waals surface area contributed by atoms with Gasteiger partial charge < -0.3 is 0 Å². The highest BCUT2D eigenvalue weighted by Gasteiger charge is 2.10. The van der Waals surface area contributed by atoms with Gasteiger partial charge in [-0.05, 0) is 24.6 Å². The summed E-state index contributed by atoms with van der Waals surface area (Å²) >= 11 is 3.76. The topological polar surface area (TPSA) is 92.2 Å². The van der Waals surface area contributed by atoms with E-state index in [0.29, 0.717) is 0 Å². The van der Waals surface area contributed by atoms with Crippen LogP contribution in [0, 0.1) is 24.1 Å². The van der Waals surface area contributed by atoms with E-state index >= 15 is 0 Å². The van der Waals surface area contributed by atoms with Crippen LogP contribution in [-0.2, 0) is 0 Å². The number of hydrogen-bond donors (Lipinski definition) is 0. The SMILES string of the molecule is Cc1ccc2[s+]c(C)sc2c1.[O-][Cl+3]([O-])([O-])[O-]. The average molecular weight is 281 g/mol. The van der Waals surface area contributed by atoms with Crippen LogP contribution in [0.1, 0.15) is 9.75 Å². The Morgan fingerprint density at radius 3 is 2.25 bits per heavy atom. The highest BCUT2D eigenvalue weighted by Crippen LogP contribution is 2.30. The number of aryl methyl sites for hydroxylation is 2. The zero-order valence-corrected chi connectivity index (χ0v) is 10.9. The lowest BCUT2D eigenvalue weighted by molar-refractivity contribution is -2.00. The van der Waals surface area contributed by atoms with Gasteiger partial charge in [-0.1, -0.05) is 6.07 Å². The third kappa shape index (κ3) is 5.13. The molecule has 1 aromatic heterocycles. The van der Waals surface area contributed by atoms with Crippen LogP contribution >= 0.6 is 22.7 Å². The van der Waals surface area contributed by atoms with Gasteiger partial charge in [0.25, 0.3) is 4.19 Å². The summed E-state index contributed by atoms with van der Waals surface area (Å²) < 4.78 is 38.2. The van der Waals surface area contributed by atoms with Gasteiger partial charge in [-0.3, -0.25) is 0 Å². The molecule has 0 aliphatic carbocycles.